The summed E-state index contributed by atoms with van der Waals surface area (Å²) >= 11 is 6.28. The van der Waals surface area contributed by atoms with E-state index in [1.54, 1.807) is 30.6 Å². The summed E-state index contributed by atoms with van der Waals surface area (Å²) < 4.78 is 0. The second-order valence-corrected chi connectivity index (χ2v) is 5.19. The average Bonchev–Trinajstić information content (AvgIpc) is 2.48. The molecule has 0 bridgehead atoms. The number of hydrogen-bond donors (Lipinski definition) is 1. The SMILES string of the molecule is Cc1ccc(-c2ncccn2)c(-c2ccc(O)cc2Cl)c1. The zero-order valence-corrected chi connectivity index (χ0v) is 12.2. The van der Waals surface area contributed by atoms with E-state index >= 15 is 0 Å². The van der Waals surface area contributed by atoms with Crippen molar-refractivity contribution in [3.8, 4) is 28.3 Å². The lowest BCUT2D eigenvalue weighted by molar-refractivity contribution is 0.475. The van der Waals surface area contributed by atoms with Gasteiger partial charge in [-0.2, -0.15) is 0 Å². The van der Waals surface area contributed by atoms with Gasteiger partial charge in [-0.1, -0.05) is 35.4 Å². The van der Waals surface area contributed by atoms with Crippen LogP contribution in [0.2, 0.25) is 5.02 Å². The monoisotopic (exact) mass is 296 g/mol. The number of nitrogens with zero attached hydrogens (tertiary/aromatic N) is 2. The number of aromatic hydroxyl groups is 1. The Hall–Kier alpha value is -2.39. The minimum Gasteiger partial charge on any atom is -0.508 e. The Morgan fingerprint density at radius 1 is 0.905 bits per heavy atom. The number of benzene rings is 2. The second kappa shape index (κ2) is 5.54. The summed E-state index contributed by atoms with van der Waals surface area (Å²) in [6.45, 7) is 2.02. The fraction of sp³-hybridized carbons (Fsp3) is 0.0588. The van der Waals surface area contributed by atoms with E-state index in [1.165, 1.54) is 6.07 Å². The van der Waals surface area contributed by atoms with Gasteiger partial charge in [-0.15, -0.1) is 0 Å². The molecule has 0 aliphatic carbocycles. The minimum absolute atomic E-state index is 0.147. The highest BCUT2D eigenvalue weighted by Gasteiger charge is 2.12. The fourth-order valence-corrected chi connectivity index (χ4v) is 2.51. The molecule has 104 valence electrons. The molecule has 0 aliphatic heterocycles. The molecule has 3 aromatic rings. The predicted octanol–water partition coefficient (Wildman–Crippen LogP) is 4.48. The molecule has 0 fully saturated rings. The average molecular weight is 297 g/mol. The summed E-state index contributed by atoms with van der Waals surface area (Å²) in [5.74, 6) is 0.797. The molecular weight excluding hydrogens is 284 g/mol. The van der Waals surface area contributed by atoms with E-state index in [9.17, 15) is 5.11 Å². The van der Waals surface area contributed by atoms with Crippen LogP contribution in [0.4, 0.5) is 0 Å². The quantitative estimate of drug-likeness (QED) is 0.758. The van der Waals surface area contributed by atoms with Crippen molar-refractivity contribution in [2.24, 2.45) is 0 Å². The number of rotatable bonds is 2. The molecule has 0 spiro atoms. The van der Waals surface area contributed by atoms with E-state index in [4.69, 9.17) is 11.6 Å². The van der Waals surface area contributed by atoms with Crippen molar-refractivity contribution in [2.45, 2.75) is 6.92 Å². The molecule has 0 unspecified atom stereocenters. The number of phenols is 1. The third-order valence-corrected chi connectivity index (χ3v) is 3.54. The van der Waals surface area contributed by atoms with E-state index in [-0.39, 0.29) is 5.75 Å². The molecule has 1 aromatic heterocycles. The van der Waals surface area contributed by atoms with Gasteiger partial charge in [-0.25, -0.2) is 9.97 Å². The molecule has 0 saturated carbocycles. The summed E-state index contributed by atoms with van der Waals surface area (Å²) in [6, 6.07) is 12.8. The topological polar surface area (TPSA) is 46.0 Å². The zero-order valence-electron chi connectivity index (χ0n) is 11.4. The number of aromatic nitrogens is 2. The van der Waals surface area contributed by atoms with E-state index in [0.717, 1.165) is 22.3 Å². The van der Waals surface area contributed by atoms with Crippen LogP contribution in [0.25, 0.3) is 22.5 Å². The van der Waals surface area contributed by atoms with Gasteiger partial charge >= 0.3 is 0 Å². The maximum absolute atomic E-state index is 9.52. The molecule has 4 heteroatoms. The van der Waals surface area contributed by atoms with Crippen molar-refractivity contribution in [1.82, 2.24) is 9.97 Å². The van der Waals surface area contributed by atoms with E-state index < -0.39 is 0 Å². The van der Waals surface area contributed by atoms with Crippen molar-refractivity contribution in [1.29, 1.82) is 0 Å². The number of halogens is 1. The molecule has 3 rings (SSSR count). The summed E-state index contributed by atoms with van der Waals surface area (Å²) in [6.07, 6.45) is 3.43. The van der Waals surface area contributed by atoms with Crippen molar-refractivity contribution in [2.75, 3.05) is 0 Å². The molecule has 0 amide bonds. The van der Waals surface area contributed by atoms with Gasteiger partial charge in [-0.05, 0) is 36.8 Å². The first-order valence-electron chi connectivity index (χ1n) is 6.52. The van der Waals surface area contributed by atoms with Crippen molar-refractivity contribution in [3.63, 3.8) is 0 Å². The van der Waals surface area contributed by atoms with Gasteiger partial charge in [0, 0.05) is 23.5 Å². The molecule has 3 nitrogen and oxygen atoms in total. The molecule has 0 radical (unpaired) electrons. The summed E-state index contributed by atoms with van der Waals surface area (Å²) in [5, 5.41) is 10.0. The van der Waals surface area contributed by atoms with Crippen LogP contribution in [-0.4, -0.2) is 15.1 Å². The van der Waals surface area contributed by atoms with Crippen molar-refractivity contribution >= 4 is 11.6 Å². The minimum atomic E-state index is 0.147. The standard InChI is InChI=1S/C17H13ClN2O/c1-11-3-5-14(17-19-7-2-8-20-17)15(9-11)13-6-4-12(21)10-16(13)18/h2-10,21H,1H3. The number of phenolic OH excluding ortho intramolecular Hbond substituents is 1. The van der Waals surface area contributed by atoms with Crippen LogP contribution < -0.4 is 0 Å². The second-order valence-electron chi connectivity index (χ2n) is 4.79. The first-order valence-corrected chi connectivity index (χ1v) is 6.90. The highest BCUT2D eigenvalue weighted by atomic mass is 35.5. The Balaban J connectivity index is 2.24. The maximum atomic E-state index is 9.52. The Kier molecular flexibility index (Phi) is 3.59. The Bertz CT molecular complexity index is 788. The Morgan fingerprint density at radius 2 is 1.62 bits per heavy atom. The Morgan fingerprint density at radius 3 is 2.33 bits per heavy atom. The smallest absolute Gasteiger partial charge is 0.159 e. The number of hydrogen-bond acceptors (Lipinski definition) is 3. The highest BCUT2D eigenvalue weighted by Crippen LogP contribution is 2.36. The zero-order chi connectivity index (χ0) is 14.8. The molecule has 0 aliphatic rings. The molecule has 1 heterocycles. The van der Waals surface area contributed by atoms with Crippen molar-refractivity contribution < 1.29 is 5.11 Å². The van der Waals surface area contributed by atoms with Gasteiger partial charge in [0.25, 0.3) is 0 Å². The van der Waals surface area contributed by atoms with Gasteiger partial charge in [0.05, 0.1) is 5.02 Å². The van der Waals surface area contributed by atoms with Gasteiger partial charge in [0.1, 0.15) is 5.75 Å². The van der Waals surface area contributed by atoms with Crippen LogP contribution in [0.1, 0.15) is 5.56 Å². The van der Waals surface area contributed by atoms with Gasteiger partial charge < -0.3 is 5.11 Å². The molecule has 21 heavy (non-hydrogen) atoms. The van der Waals surface area contributed by atoms with Crippen LogP contribution in [0.15, 0.2) is 54.9 Å². The van der Waals surface area contributed by atoms with Crippen LogP contribution >= 0.6 is 11.6 Å². The molecular formula is C17H13ClN2O. The largest absolute Gasteiger partial charge is 0.508 e. The lowest BCUT2D eigenvalue weighted by Gasteiger charge is -2.11. The molecule has 0 saturated heterocycles. The first-order chi connectivity index (χ1) is 10.1. The highest BCUT2D eigenvalue weighted by molar-refractivity contribution is 6.33. The van der Waals surface area contributed by atoms with Crippen LogP contribution in [-0.2, 0) is 0 Å². The van der Waals surface area contributed by atoms with Crippen LogP contribution in [0.3, 0.4) is 0 Å². The van der Waals surface area contributed by atoms with Crippen LogP contribution in [0.5, 0.6) is 5.75 Å². The van der Waals surface area contributed by atoms with Gasteiger partial charge in [0.15, 0.2) is 5.82 Å². The third kappa shape index (κ3) is 2.73. The van der Waals surface area contributed by atoms with E-state index in [2.05, 4.69) is 9.97 Å². The normalized spacial score (nSPS) is 10.6. The maximum Gasteiger partial charge on any atom is 0.159 e. The first kappa shape index (κ1) is 13.6. The summed E-state index contributed by atoms with van der Waals surface area (Å²) in [5.41, 5.74) is 3.83. The predicted molar refractivity (Wildman–Crippen MR) is 84.3 cm³/mol. The lowest BCUT2D eigenvalue weighted by atomic mass is 9.97. The van der Waals surface area contributed by atoms with Crippen molar-refractivity contribution in [3.05, 3.63) is 65.4 Å². The number of aryl methyl sites for hydroxylation is 1. The fourth-order valence-electron chi connectivity index (χ4n) is 2.24. The molecule has 1 N–H and O–H groups in total. The van der Waals surface area contributed by atoms with E-state index in [0.29, 0.717) is 10.8 Å². The molecule has 2 aromatic carbocycles. The summed E-state index contributed by atoms with van der Waals surface area (Å²) in [4.78, 5) is 8.62. The third-order valence-electron chi connectivity index (χ3n) is 3.22. The van der Waals surface area contributed by atoms with Gasteiger partial charge in [0.2, 0.25) is 0 Å². The summed E-state index contributed by atoms with van der Waals surface area (Å²) in [7, 11) is 0. The van der Waals surface area contributed by atoms with Gasteiger partial charge in [-0.3, -0.25) is 0 Å². The Labute approximate surface area is 127 Å². The van der Waals surface area contributed by atoms with Crippen LogP contribution in [0, 0.1) is 6.92 Å². The molecule has 0 atom stereocenters. The lowest BCUT2D eigenvalue weighted by Crippen LogP contribution is -1.92. The van der Waals surface area contributed by atoms with E-state index in [1.807, 2.05) is 25.1 Å².